The maximum Gasteiger partial charge on any atom is 0.230 e. The lowest BCUT2D eigenvalue weighted by Crippen LogP contribution is -2.29. The van der Waals surface area contributed by atoms with Gasteiger partial charge in [-0.3, -0.25) is 9.78 Å². The SMILES string of the molecule is CC[C@@H](NC(=O)CSc1ccncc1)c1nc(C)c(C)s1. The van der Waals surface area contributed by atoms with E-state index in [0.717, 1.165) is 22.0 Å². The first-order valence-electron chi connectivity index (χ1n) is 6.86. The van der Waals surface area contributed by atoms with E-state index in [1.54, 1.807) is 23.7 Å². The number of aromatic nitrogens is 2. The Balaban J connectivity index is 1.91. The highest BCUT2D eigenvalue weighted by molar-refractivity contribution is 8.00. The second kappa shape index (κ2) is 7.56. The molecule has 0 aliphatic heterocycles. The zero-order chi connectivity index (χ0) is 15.2. The fourth-order valence-electron chi connectivity index (χ4n) is 1.80. The van der Waals surface area contributed by atoms with Crippen molar-refractivity contribution >= 4 is 29.0 Å². The number of carbonyl (C=O) groups excluding carboxylic acids is 1. The summed E-state index contributed by atoms with van der Waals surface area (Å²) in [6.07, 6.45) is 4.31. The topological polar surface area (TPSA) is 54.9 Å². The molecule has 1 N–H and O–H groups in total. The number of nitrogens with one attached hydrogen (secondary N) is 1. The predicted molar refractivity (Wildman–Crippen MR) is 87.7 cm³/mol. The van der Waals surface area contributed by atoms with E-state index in [1.165, 1.54) is 16.6 Å². The number of aryl methyl sites for hydroxylation is 2. The summed E-state index contributed by atoms with van der Waals surface area (Å²) in [6.45, 7) is 6.13. The van der Waals surface area contributed by atoms with Crippen molar-refractivity contribution in [1.29, 1.82) is 0 Å². The quantitative estimate of drug-likeness (QED) is 0.827. The van der Waals surface area contributed by atoms with Crippen LogP contribution in [0.25, 0.3) is 0 Å². The third-order valence-electron chi connectivity index (χ3n) is 3.11. The molecule has 6 heteroatoms. The summed E-state index contributed by atoms with van der Waals surface area (Å²) in [5.74, 6) is 0.443. The van der Waals surface area contributed by atoms with Crippen molar-refractivity contribution in [2.75, 3.05) is 5.75 Å². The van der Waals surface area contributed by atoms with Crippen molar-refractivity contribution in [1.82, 2.24) is 15.3 Å². The molecule has 0 saturated heterocycles. The second-order valence-electron chi connectivity index (χ2n) is 4.69. The van der Waals surface area contributed by atoms with Crippen LogP contribution >= 0.6 is 23.1 Å². The van der Waals surface area contributed by atoms with Crippen LogP contribution in [-0.4, -0.2) is 21.6 Å². The van der Waals surface area contributed by atoms with Gasteiger partial charge in [0.1, 0.15) is 5.01 Å². The molecule has 1 atom stereocenters. The molecule has 0 bridgehead atoms. The molecule has 2 heterocycles. The number of rotatable bonds is 6. The van der Waals surface area contributed by atoms with Crippen molar-refractivity contribution in [3.63, 3.8) is 0 Å². The highest BCUT2D eigenvalue weighted by Crippen LogP contribution is 2.25. The fraction of sp³-hybridized carbons (Fsp3) is 0.400. The average Bonchev–Trinajstić information content (AvgIpc) is 2.83. The maximum atomic E-state index is 12.1. The van der Waals surface area contributed by atoms with E-state index in [1.807, 2.05) is 19.1 Å². The Morgan fingerprint density at radius 2 is 2.10 bits per heavy atom. The van der Waals surface area contributed by atoms with Crippen LogP contribution in [0.15, 0.2) is 29.4 Å². The zero-order valence-electron chi connectivity index (χ0n) is 12.4. The Morgan fingerprint density at radius 3 is 2.67 bits per heavy atom. The van der Waals surface area contributed by atoms with Crippen LogP contribution in [-0.2, 0) is 4.79 Å². The molecular formula is C15H19N3OS2. The summed E-state index contributed by atoms with van der Waals surface area (Å²) < 4.78 is 0. The van der Waals surface area contributed by atoms with Crippen molar-refractivity contribution in [2.24, 2.45) is 0 Å². The molecule has 2 rings (SSSR count). The molecule has 1 amide bonds. The lowest BCUT2D eigenvalue weighted by molar-refractivity contribution is -0.119. The van der Waals surface area contributed by atoms with E-state index >= 15 is 0 Å². The van der Waals surface area contributed by atoms with E-state index in [9.17, 15) is 4.79 Å². The Morgan fingerprint density at radius 1 is 1.38 bits per heavy atom. The Hall–Kier alpha value is -1.40. The number of pyridine rings is 1. The van der Waals surface area contributed by atoms with E-state index in [2.05, 4.69) is 29.1 Å². The molecule has 0 spiro atoms. The fourth-order valence-corrected chi connectivity index (χ4v) is 3.56. The molecule has 2 aromatic rings. The number of thiazole rings is 1. The summed E-state index contributed by atoms with van der Waals surface area (Å²) >= 11 is 3.18. The van der Waals surface area contributed by atoms with Crippen molar-refractivity contribution in [2.45, 2.75) is 38.1 Å². The molecule has 0 aliphatic carbocycles. The van der Waals surface area contributed by atoms with Gasteiger partial charge in [-0.05, 0) is 32.4 Å². The minimum Gasteiger partial charge on any atom is -0.346 e. The Labute approximate surface area is 133 Å². The summed E-state index contributed by atoms with van der Waals surface area (Å²) in [7, 11) is 0. The molecule has 21 heavy (non-hydrogen) atoms. The summed E-state index contributed by atoms with van der Waals surface area (Å²) in [5.41, 5.74) is 1.05. The van der Waals surface area contributed by atoms with Gasteiger partial charge in [-0.15, -0.1) is 23.1 Å². The van der Waals surface area contributed by atoms with E-state index in [-0.39, 0.29) is 11.9 Å². The van der Waals surface area contributed by atoms with Gasteiger partial charge in [-0.25, -0.2) is 4.98 Å². The van der Waals surface area contributed by atoms with Crippen LogP contribution in [0.4, 0.5) is 0 Å². The molecule has 0 saturated carbocycles. The van der Waals surface area contributed by atoms with Gasteiger partial charge in [-0.2, -0.15) is 0 Å². The molecule has 0 aromatic carbocycles. The number of hydrogen-bond acceptors (Lipinski definition) is 5. The van der Waals surface area contributed by atoms with Gasteiger partial charge in [0.05, 0.1) is 17.5 Å². The third kappa shape index (κ3) is 4.54. The smallest absolute Gasteiger partial charge is 0.230 e. The molecule has 0 fully saturated rings. The summed E-state index contributed by atoms with van der Waals surface area (Å²) in [6, 6.07) is 3.82. The first kappa shape index (κ1) is 16.0. The molecule has 112 valence electrons. The van der Waals surface area contributed by atoms with Gasteiger partial charge < -0.3 is 5.32 Å². The second-order valence-corrected chi connectivity index (χ2v) is 6.98. The predicted octanol–water partition coefficient (Wildman–Crippen LogP) is 3.51. The summed E-state index contributed by atoms with van der Waals surface area (Å²) in [4.78, 5) is 22.8. The van der Waals surface area contributed by atoms with E-state index in [4.69, 9.17) is 0 Å². The highest BCUT2D eigenvalue weighted by Gasteiger charge is 2.17. The first-order valence-corrected chi connectivity index (χ1v) is 8.66. The first-order chi connectivity index (χ1) is 10.1. The van der Waals surface area contributed by atoms with Gasteiger partial charge in [0.25, 0.3) is 0 Å². The summed E-state index contributed by atoms with van der Waals surface area (Å²) in [5, 5.41) is 4.06. The Kier molecular flexibility index (Phi) is 5.76. The lowest BCUT2D eigenvalue weighted by atomic mass is 10.2. The number of nitrogens with zero attached hydrogens (tertiary/aromatic N) is 2. The molecule has 0 radical (unpaired) electrons. The number of hydrogen-bond donors (Lipinski definition) is 1. The van der Waals surface area contributed by atoms with Crippen LogP contribution in [0.1, 0.15) is 35.0 Å². The lowest BCUT2D eigenvalue weighted by Gasteiger charge is -2.14. The van der Waals surface area contributed by atoms with Crippen LogP contribution in [0, 0.1) is 13.8 Å². The van der Waals surface area contributed by atoms with Crippen molar-refractivity contribution in [3.8, 4) is 0 Å². The molecule has 4 nitrogen and oxygen atoms in total. The van der Waals surface area contributed by atoms with E-state index < -0.39 is 0 Å². The van der Waals surface area contributed by atoms with E-state index in [0.29, 0.717) is 5.75 Å². The van der Waals surface area contributed by atoms with Gasteiger partial charge in [0.2, 0.25) is 5.91 Å². The minimum absolute atomic E-state index is 0.00735. The van der Waals surface area contributed by atoms with Crippen molar-refractivity contribution in [3.05, 3.63) is 40.1 Å². The van der Waals surface area contributed by atoms with Crippen LogP contribution < -0.4 is 5.32 Å². The standard InChI is InChI=1S/C15H19N3OS2/c1-4-13(15-17-10(2)11(3)21-15)18-14(19)9-20-12-5-7-16-8-6-12/h5-8,13H,4,9H2,1-3H3,(H,18,19)/t13-/m1/s1. The van der Waals surface area contributed by atoms with Crippen LogP contribution in [0.5, 0.6) is 0 Å². The molecule has 0 unspecified atom stereocenters. The number of carbonyl (C=O) groups is 1. The minimum atomic E-state index is 0.00735. The number of thioether (sulfide) groups is 1. The van der Waals surface area contributed by atoms with Gasteiger partial charge in [0.15, 0.2) is 0 Å². The highest BCUT2D eigenvalue weighted by atomic mass is 32.2. The number of amides is 1. The molecule has 0 aliphatic rings. The van der Waals surface area contributed by atoms with Crippen LogP contribution in [0.3, 0.4) is 0 Å². The third-order valence-corrected chi connectivity index (χ3v) is 5.30. The maximum absolute atomic E-state index is 12.1. The van der Waals surface area contributed by atoms with Gasteiger partial charge >= 0.3 is 0 Å². The van der Waals surface area contributed by atoms with Gasteiger partial charge in [-0.1, -0.05) is 6.92 Å². The van der Waals surface area contributed by atoms with Gasteiger partial charge in [0, 0.05) is 22.2 Å². The van der Waals surface area contributed by atoms with Crippen molar-refractivity contribution < 1.29 is 4.79 Å². The average molecular weight is 321 g/mol. The normalized spacial score (nSPS) is 12.1. The molecular weight excluding hydrogens is 302 g/mol. The molecule has 2 aromatic heterocycles. The van der Waals surface area contributed by atoms with Crippen LogP contribution in [0.2, 0.25) is 0 Å². The Bertz CT molecular complexity index is 579. The zero-order valence-corrected chi connectivity index (χ0v) is 14.1. The monoisotopic (exact) mass is 321 g/mol. The largest absolute Gasteiger partial charge is 0.346 e.